The summed E-state index contributed by atoms with van der Waals surface area (Å²) in [6.07, 6.45) is 1.10. The molecule has 1 atom stereocenters. The van der Waals surface area contributed by atoms with Gasteiger partial charge in [-0.2, -0.15) is 0 Å². The molecule has 2 aromatic carbocycles. The number of amides is 1. The summed E-state index contributed by atoms with van der Waals surface area (Å²) in [5.74, 6) is -1.28. The number of nitrogens with one attached hydrogen (secondary N) is 1. The highest BCUT2D eigenvalue weighted by Gasteiger charge is 2.33. The van der Waals surface area contributed by atoms with Crippen LogP contribution in [0.25, 0.3) is 0 Å². The first-order valence-electron chi connectivity index (χ1n) is 7.96. The van der Waals surface area contributed by atoms with Crippen LogP contribution in [0.2, 0.25) is 5.02 Å². The number of aryl methyl sites for hydroxylation is 1. The smallest absolute Gasteiger partial charge is 0.248 e. The van der Waals surface area contributed by atoms with Gasteiger partial charge in [0.15, 0.2) is 0 Å². The van der Waals surface area contributed by atoms with Crippen LogP contribution in [0.4, 0.5) is 15.8 Å². The first-order valence-corrected chi connectivity index (χ1v) is 10.2. The van der Waals surface area contributed by atoms with Crippen molar-refractivity contribution in [2.75, 3.05) is 15.9 Å². The highest BCUT2D eigenvalue weighted by Crippen LogP contribution is 2.27. The van der Waals surface area contributed by atoms with E-state index in [1.807, 2.05) is 0 Å². The van der Waals surface area contributed by atoms with E-state index >= 15 is 0 Å². The van der Waals surface area contributed by atoms with Crippen LogP contribution in [-0.4, -0.2) is 26.6 Å². The largest absolute Gasteiger partial charge is 0.324 e. The van der Waals surface area contributed by atoms with E-state index in [0.29, 0.717) is 10.7 Å². The Morgan fingerprint density at radius 3 is 2.50 bits per heavy atom. The summed E-state index contributed by atoms with van der Waals surface area (Å²) in [5, 5.41) is 3.13. The van der Waals surface area contributed by atoms with Crippen molar-refractivity contribution in [2.24, 2.45) is 0 Å². The van der Waals surface area contributed by atoms with E-state index in [-0.39, 0.29) is 12.1 Å². The second-order valence-corrected chi connectivity index (χ2v) is 8.18. The summed E-state index contributed by atoms with van der Waals surface area (Å²) in [5.41, 5.74) is 1.08. The molecule has 1 amide bonds. The molecule has 0 radical (unpaired) electrons. The minimum Gasteiger partial charge on any atom is -0.324 e. The van der Waals surface area contributed by atoms with E-state index in [1.165, 1.54) is 18.2 Å². The molecular formula is C18H20ClFN2O3S. The number of hydrogen-bond acceptors (Lipinski definition) is 3. The van der Waals surface area contributed by atoms with E-state index in [1.54, 1.807) is 32.0 Å². The number of benzene rings is 2. The van der Waals surface area contributed by atoms with E-state index in [9.17, 15) is 17.6 Å². The highest BCUT2D eigenvalue weighted by molar-refractivity contribution is 7.92. The molecule has 2 aromatic rings. The van der Waals surface area contributed by atoms with Crippen LogP contribution in [0.3, 0.4) is 0 Å². The molecule has 0 aliphatic carbocycles. The third-order valence-electron chi connectivity index (χ3n) is 3.88. The van der Waals surface area contributed by atoms with Gasteiger partial charge in [0.05, 0.1) is 11.9 Å². The molecule has 5 nitrogen and oxygen atoms in total. The van der Waals surface area contributed by atoms with E-state index in [2.05, 4.69) is 5.32 Å². The Balaban J connectivity index is 2.44. The quantitative estimate of drug-likeness (QED) is 0.800. The van der Waals surface area contributed by atoms with Crippen molar-refractivity contribution in [1.29, 1.82) is 0 Å². The van der Waals surface area contributed by atoms with Gasteiger partial charge in [-0.05, 0) is 43.2 Å². The molecule has 0 saturated heterocycles. The standard InChI is InChI=1S/C18H20ClFN2O3S/c1-4-16(18(23)21-15-11-13(19)10-9-12(15)2)22(26(3,24)25)17-8-6-5-7-14(17)20/h5-11,16H,4H2,1-3H3,(H,21,23). The van der Waals surface area contributed by atoms with Gasteiger partial charge in [-0.3, -0.25) is 9.10 Å². The second-order valence-electron chi connectivity index (χ2n) is 5.88. The number of nitrogens with zero attached hydrogens (tertiary/aromatic N) is 1. The van der Waals surface area contributed by atoms with Crippen LogP contribution in [0.1, 0.15) is 18.9 Å². The molecule has 1 unspecified atom stereocenters. The van der Waals surface area contributed by atoms with Gasteiger partial charge < -0.3 is 5.32 Å². The minimum absolute atomic E-state index is 0.160. The van der Waals surface area contributed by atoms with Gasteiger partial charge in [0.2, 0.25) is 15.9 Å². The summed E-state index contributed by atoms with van der Waals surface area (Å²) >= 11 is 5.96. The van der Waals surface area contributed by atoms with Crippen LogP contribution in [0, 0.1) is 12.7 Å². The molecule has 0 aliphatic heterocycles. The Morgan fingerprint density at radius 1 is 1.27 bits per heavy atom. The van der Waals surface area contributed by atoms with Crippen LogP contribution in [0.5, 0.6) is 0 Å². The average molecular weight is 399 g/mol. The number of halogens is 2. The van der Waals surface area contributed by atoms with Gasteiger partial charge in [0.25, 0.3) is 0 Å². The van der Waals surface area contributed by atoms with Crippen molar-refractivity contribution in [2.45, 2.75) is 26.3 Å². The maximum absolute atomic E-state index is 14.2. The number of para-hydroxylation sites is 1. The summed E-state index contributed by atoms with van der Waals surface area (Å²) in [7, 11) is -3.90. The molecule has 0 aromatic heterocycles. The predicted octanol–water partition coefficient (Wildman–Crippen LogP) is 3.97. The van der Waals surface area contributed by atoms with Crippen molar-refractivity contribution in [3.05, 3.63) is 58.9 Å². The molecule has 0 aliphatic rings. The Labute approximate surface area is 157 Å². The zero-order valence-electron chi connectivity index (χ0n) is 14.7. The number of carbonyl (C=O) groups excluding carboxylic acids is 1. The lowest BCUT2D eigenvalue weighted by atomic mass is 10.1. The van der Waals surface area contributed by atoms with Crippen LogP contribution >= 0.6 is 11.6 Å². The van der Waals surface area contributed by atoms with Gasteiger partial charge in [-0.15, -0.1) is 0 Å². The van der Waals surface area contributed by atoms with Crippen molar-refractivity contribution < 1.29 is 17.6 Å². The first-order chi connectivity index (χ1) is 12.1. The monoisotopic (exact) mass is 398 g/mol. The number of hydrogen-bond donors (Lipinski definition) is 1. The van der Waals surface area contributed by atoms with Crippen LogP contribution in [-0.2, 0) is 14.8 Å². The Kier molecular flexibility index (Phi) is 6.26. The molecule has 140 valence electrons. The van der Waals surface area contributed by atoms with Gasteiger partial charge in [0, 0.05) is 10.7 Å². The fourth-order valence-corrected chi connectivity index (χ4v) is 4.00. The molecule has 26 heavy (non-hydrogen) atoms. The van der Waals surface area contributed by atoms with E-state index < -0.39 is 27.8 Å². The molecule has 0 heterocycles. The Bertz CT molecular complexity index is 918. The minimum atomic E-state index is -3.90. The van der Waals surface area contributed by atoms with Crippen molar-refractivity contribution in [3.8, 4) is 0 Å². The first kappa shape index (κ1) is 20.2. The number of sulfonamides is 1. The Morgan fingerprint density at radius 2 is 1.92 bits per heavy atom. The lowest BCUT2D eigenvalue weighted by Crippen LogP contribution is -2.47. The summed E-state index contributed by atoms with van der Waals surface area (Å²) in [6, 6.07) is 9.35. The molecule has 0 saturated carbocycles. The predicted molar refractivity (Wildman–Crippen MR) is 103 cm³/mol. The molecule has 1 N–H and O–H groups in total. The number of rotatable bonds is 6. The van der Waals surface area contributed by atoms with E-state index in [4.69, 9.17) is 11.6 Å². The van der Waals surface area contributed by atoms with Crippen molar-refractivity contribution >= 4 is 38.9 Å². The zero-order valence-corrected chi connectivity index (χ0v) is 16.2. The topological polar surface area (TPSA) is 66.5 Å². The fraction of sp³-hybridized carbons (Fsp3) is 0.278. The molecule has 0 fully saturated rings. The summed E-state index contributed by atoms with van der Waals surface area (Å²) in [6.45, 7) is 3.45. The van der Waals surface area contributed by atoms with Gasteiger partial charge in [-0.1, -0.05) is 36.7 Å². The lowest BCUT2D eigenvalue weighted by Gasteiger charge is -2.30. The molecule has 0 bridgehead atoms. The van der Waals surface area contributed by atoms with Crippen LogP contribution in [0.15, 0.2) is 42.5 Å². The Hall–Kier alpha value is -2.12. The van der Waals surface area contributed by atoms with Crippen molar-refractivity contribution in [1.82, 2.24) is 0 Å². The third-order valence-corrected chi connectivity index (χ3v) is 5.28. The maximum Gasteiger partial charge on any atom is 0.248 e. The van der Waals surface area contributed by atoms with Gasteiger partial charge in [-0.25, -0.2) is 12.8 Å². The molecular weight excluding hydrogens is 379 g/mol. The number of anilines is 2. The van der Waals surface area contributed by atoms with Gasteiger partial charge >= 0.3 is 0 Å². The summed E-state index contributed by atoms with van der Waals surface area (Å²) in [4.78, 5) is 12.8. The second kappa shape index (κ2) is 8.05. The summed E-state index contributed by atoms with van der Waals surface area (Å²) < 4.78 is 39.7. The molecule has 8 heteroatoms. The van der Waals surface area contributed by atoms with E-state index in [0.717, 1.165) is 22.2 Å². The normalized spacial score (nSPS) is 12.5. The fourth-order valence-electron chi connectivity index (χ4n) is 2.61. The highest BCUT2D eigenvalue weighted by atomic mass is 35.5. The zero-order chi connectivity index (χ0) is 19.5. The van der Waals surface area contributed by atoms with Crippen molar-refractivity contribution in [3.63, 3.8) is 0 Å². The number of carbonyl (C=O) groups is 1. The SMILES string of the molecule is CCC(C(=O)Nc1cc(Cl)ccc1C)N(c1ccccc1F)S(C)(=O)=O. The molecule has 0 spiro atoms. The van der Waals surface area contributed by atoms with Gasteiger partial charge in [0.1, 0.15) is 11.9 Å². The third kappa shape index (κ3) is 4.53. The lowest BCUT2D eigenvalue weighted by molar-refractivity contribution is -0.117. The maximum atomic E-state index is 14.2. The van der Waals surface area contributed by atoms with Crippen LogP contribution < -0.4 is 9.62 Å². The molecule has 2 rings (SSSR count). The average Bonchev–Trinajstić information content (AvgIpc) is 2.55.